The van der Waals surface area contributed by atoms with E-state index in [0.29, 0.717) is 11.1 Å². The number of carbonyl (C=O) groups is 4. The predicted molar refractivity (Wildman–Crippen MR) is 142 cm³/mol. The number of aromatic nitrogens is 1. The van der Waals surface area contributed by atoms with Crippen molar-refractivity contribution in [2.75, 3.05) is 18.1 Å². The number of carboxylic acids is 1. The molecule has 2 amide bonds. The number of rotatable bonds is 11. The second-order valence-electron chi connectivity index (χ2n) is 8.11. The molecule has 1 aromatic carbocycles. The lowest BCUT2D eigenvalue weighted by molar-refractivity contribution is -0.384. The van der Waals surface area contributed by atoms with E-state index < -0.39 is 46.7 Å². The van der Waals surface area contributed by atoms with E-state index in [1.165, 1.54) is 47.5 Å². The van der Waals surface area contributed by atoms with Crippen LogP contribution in [0.15, 0.2) is 58.7 Å². The molecule has 0 spiro atoms. The molecule has 0 aliphatic carbocycles. The topological polar surface area (TPSA) is 217 Å². The molecule has 1 saturated heterocycles. The summed E-state index contributed by atoms with van der Waals surface area (Å²) in [7, 11) is 0. The Hall–Kier alpha value is -4.77. The molecule has 208 valence electrons. The Labute approximate surface area is 233 Å². The number of hydrogen-bond donors (Lipinski definition) is 3. The van der Waals surface area contributed by atoms with Gasteiger partial charge in [-0.25, -0.2) is 14.6 Å². The molecule has 2 aromatic rings. The van der Waals surface area contributed by atoms with Gasteiger partial charge in [-0.2, -0.15) is 0 Å². The standard InChI is InChI=1S/C23H20N6O9S2/c1-2-12-9-39-21-17(20(32)28(21)18(12)22(33)34)26-19(31)16(14-10-40-23(24)25-14)27-38-8-15(30)37-7-11-3-5-13(6-4-11)29(35)36/h2-6,10,17,21H,1,7-9H2,(H2,24,25)(H,26,31)(H,33,34)/t17?,21-/m1/s1. The van der Waals surface area contributed by atoms with Crippen molar-refractivity contribution in [1.82, 2.24) is 15.2 Å². The van der Waals surface area contributed by atoms with Crippen LogP contribution in [0.1, 0.15) is 11.3 Å². The second-order valence-corrected chi connectivity index (χ2v) is 10.1. The summed E-state index contributed by atoms with van der Waals surface area (Å²) >= 11 is 2.28. The molecule has 2 aliphatic rings. The minimum atomic E-state index is -1.28. The molecule has 2 aliphatic heterocycles. The van der Waals surface area contributed by atoms with Crippen LogP contribution in [0.3, 0.4) is 0 Å². The number of fused-ring (bicyclic) bond motifs is 1. The van der Waals surface area contributed by atoms with E-state index in [0.717, 1.165) is 16.2 Å². The Bertz CT molecular complexity index is 1450. The number of thiazole rings is 1. The molecule has 1 fully saturated rings. The number of amides is 2. The zero-order valence-corrected chi connectivity index (χ0v) is 22.0. The van der Waals surface area contributed by atoms with Crippen LogP contribution >= 0.6 is 23.1 Å². The number of thioether (sulfide) groups is 1. The van der Waals surface area contributed by atoms with Gasteiger partial charge in [0.05, 0.1) is 4.92 Å². The molecule has 1 unspecified atom stereocenters. The van der Waals surface area contributed by atoms with Crippen LogP contribution in [0.4, 0.5) is 10.8 Å². The molecule has 4 rings (SSSR count). The number of non-ortho nitro benzene ring substituents is 1. The van der Waals surface area contributed by atoms with Crippen molar-refractivity contribution in [3.8, 4) is 0 Å². The van der Waals surface area contributed by atoms with E-state index in [-0.39, 0.29) is 40.3 Å². The molecule has 15 nitrogen and oxygen atoms in total. The minimum Gasteiger partial charge on any atom is -0.477 e. The normalized spacial score (nSPS) is 18.4. The maximum absolute atomic E-state index is 13.1. The number of carboxylic acid groups (broad SMARTS) is 1. The molecular weight excluding hydrogens is 568 g/mol. The van der Waals surface area contributed by atoms with Crippen LogP contribution in [-0.2, 0) is 35.4 Å². The van der Waals surface area contributed by atoms with Gasteiger partial charge in [0.2, 0.25) is 6.61 Å². The number of nitro benzene ring substituents is 1. The quantitative estimate of drug-likeness (QED) is 0.110. The van der Waals surface area contributed by atoms with Gasteiger partial charge in [-0.05, 0) is 23.3 Å². The van der Waals surface area contributed by atoms with E-state index in [4.69, 9.17) is 15.3 Å². The highest BCUT2D eigenvalue weighted by Gasteiger charge is 2.54. The fraction of sp³-hybridized carbons (Fsp3) is 0.217. The Morgan fingerprint density at radius 2 is 2.08 bits per heavy atom. The zero-order chi connectivity index (χ0) is 29.0. The average Bonchev–Trinajstić information content (AvgIpc) is 3.37. The predicted octanol–water partition coefficient (Wildman–Crippen LogP) is 1.02. The fourth-order valence-corrected chi connectivity index (χ4v) is 5.57. The molecule has 0 saturated carbocycles. The number of nitrogens with two attached hydrogens (primary N) is 1. The molecule has 0 bridgehead atoms. The Kier molecular flexibility index (Phi) is 8.44. The largest absolute Gasteiger partial charge is 0.477 e. The lowest BCUT2D eigenvalue weighted by atomic mass is 10.0. The van der Waals surface area contributed by atoms with Gasteiger partial charge in [0.1, 0.15) is 29.4 Å². The van der Waals surface area contributed by atoms with Crippen molar-refractivity contribution in [3.05, 3.63) is 74.9 Å². The maximum Gasteiger partial charge on any atom is 0.352 e. The van der Waals surface area contributed by atoms with E-state index in [2.05, 4.69) is 22.0 Å². The van der Waals surface area contributed by atoms with Crippen molar-refractivity contribution >= 4 is 63.4 Å². The van der Waals surface area contributed by atoms with Gasteiger partial charge in [0, 0.05) is 23.3 Å². The third kappa shape index (κ3) is 5.94. The smallest absolute Gasteiger partial charge is 0.352 e. The second kappa shape index (κ2) is 12.0. The third-order valence-corrected chi connectivity index (χ3v) is 7.57. The summed E-state index contributed by atoms with van der Waals surface area (Å²) in [5, 5.41) is 27.4. The average molecular weight is 589 g/mol. The molecule has 0 radical (unpaired) electrons. The molecule has 1 aromatic heterocycles. The molecule has 17 heteroatoms. The number of benzene rings is 1. The first-order chi connectivity index (χ1) is 19.1. The summed E-state index contributed by atoms with van der Waals surface area (Å²) in [6.07, 6.45) is 1.37. The lowest BCUT2D eigenvalue weighted by Crippen LogP contribution is -2.71. The number of hydrogen-bond acceptors (Lipinski definition) is 13. The van der Waals surface area contributed by atoms with Crippen LogP contribution in [0.25, 0.3) is 0 Å². The van der Waals surface area contributed by atoms with E-state index in [9.17, 15) is 34.4 Å². The van der Waals surface area contributed by atoms with Crippen LogP contribution in [0, 0.1) is 10.1 Å². The van der Waals surface area contributed by atoms with Gasteiger partial charge < -0.3 is 25.7 Å². The molecule has 40 heavy (non-hydrogen) atoms. The van der Waals surface area contributed by atoms with Crippen LogP contribution in [0.2, 0.25) is 0 Å². The zero-order valence-electron chi connectivity index (χ0n) is 20.3. The van der Waals surface area contributed by atoms with Crippen molar-refractivity contribution in [2.24, 2.45) is 5.16 Å². The first-order valence-corrected chi connectivity index (χ1v) is 13.2. The van der Waals surface area contributed by atoms with Gasteiger partial charge in [-0.15, -0.1) is 23.1 Å². The fourth-order valence-electron chi connectivity index (χ4n) is 3.68. The number of nitrogens with one attached hydrogen (secondary N) is 1. The van der Waals surface area contributed by atoms with E-state index in [1.54, 1.807) is 0 Å². The highest BCUT2D eigenvalue weighted by molar-refractivity contribution is 8.00. The number of aliphatic carboxylic acids is 1. The number of β-lactam (4-membered cyclic amide) rings is 1. The Morgan fingerprint density at radius 3 is 2.67 bits per heavy atom. The van der Waals surface area contributed by atoms with Crippen molar-refractivity contribution in [1.29, 1.82) is 0 Å². The van der Waals surface area contributed by atoms with Gasteiger partial charge >= 0.3 is 11.9 Å². The van der Waals surface area contributed by atoms with Crippen molar-refractivity contribution < 1.29 is 38.8 Å². The molecule has 4 N–H and O–H groups in total. The van der Waals surface area contributed by atoms with E-state index in [1.807, 2.05) is 0 Å². The van der Waals surface area contributed by atoms with Crippen LogP contribution in [-0.4, -0.2) is 73.2 Å². The van der Waals surface area contributed by atoms with Crippen molar-refractivity contribution in [3.63, 3.8) is 0 Å². The lowest BCUT2D eigenvalue weighted by Gasteiger charge is -2.49. The van der Waals surface area contributed by atoms with Crippen molar-refractivity contribution in [2.45, 2.75) is 18.0 Å². The summed E-state index contributed by atoms with van der Waals surface area (Å²) in [6.45, 7) is 2.72. The number of ether oxygens (including phenoxy) is 1. The van der Waals surface area contributed by atoms with Gasteiger partial charge in [-0.3, -0.25) is 24.6 Å². The summed E-state index contributed by atoms with van der Waals surface area (Å²) in [5.74, 6) is -3.34. The maximum atomic E-state index is 13.1. The summed E-state index contributed by atoms with van der Waals surface area (Å²) in [5.41, 5.74) is 5.91. The van der Waals surface area contributed by atoms with E-state index >= 15 is 0 Å². The number of nitro groups is 1. The number of nitrogens with zero attached hydrogens (tertiary/aromatic N) is 4. The minimum absolute atomic E-state index is 0.0271. The van der Waals surface area contributed by atoms with Crippen LogP contribution in [0.5, 0.6) is 0 Å². The summed E-state index contributed by atoms with van der Waals surface area (Å²) in [4.78, 5) is 69.9. The number of allylic oxidation sites excluding steroid dienone is 1. The number of esters is 1. The number of carbonyl (C=O) groups excluding carboxylic acids is 3. The summed E-state index contributed by atoms with van der Waals surface area (Å²) < 4.78 is 5.04. The first-order valence-electron chi connectivity index (χ1n) is 11.3. The SMILES string of the molecule is C=CC1=C(C(=O)O)N2C(=O)C(NC(=O)C(=NOCC(=O)OCc3ccc([N+](=O)[O-])cc3)c3csc(N)n3)[C@H]2SC1. The molecule has 3 heterocycles. The number of nitrogen functional groups attached to an aromatic ring is 1. The number of anilines is 1. The molecule has 2 atom stereocenters. The highest BCUT2D eigenvalue weighted by Crippen LogP contribution is 2.40. The van der Waals surface area contributed by atoms with Gasteiger partial charge in [0.15, 0.2) is 10.8 Å². The third-order valence-electron chi connectivity index (χ3n) is 5.60. The van der Waals surface area contributed by atoms with Gasteiger partial charge in [0.25, 0.3) is 17.5 Å². The monoisotopic (exact) mass is 588 g/mol. The summed E-state index contributed by atoms with van der Waals surface area (Å²) in [6, 6.07) is 4.35. The Balaban J connectivity index is 1.39. The first kappa shape index (κ1) is 28.2. The van der Waals surface area contributed by atoms with Gasteiger partial charge in [-0.1, -0.05) is 17.8 Å². The molecular formula is C23H20N6O9S2. The highest BCUT2D eigenvalue weighted by atomic mass is 32.2. The van der Waals surface area contributed by atoms with Crippen LogP contribution < -0.4 is 11.1 Å². The Morgan fingerprint density at radius 1 is 1.35 bits per heavy atom. The number of oxime groups is 1.